The highest BCUT2D eigenvalue weighted by Gasteiger charge is 2.69. The highest BCUT2D eigenvalue weighted by molar-refractivity contribution is 5.88. The molecule has 11 heteroatoms. The number of epoxide rings is 1. The van der Waals surface area contributed by atoms with E-state index < -0.39 is 17.3 Å². The van der Waals surface area contributed by atoms with Crippen molar-refractivity contribution in [3.05, 3.63) is 69.7 Å². The highest BCUT2D eigenvalue weighted by Crippen LogP contribution is 2.60. The van der Waals surface area contributed by atoms with E-state index in [0.29, 0.717) is 47.2 Å². The van der Waals surface area contributed by atoms with Crippen LogP contribution in [0.5, 0.6) is 11.5 Å². The normalized spacial score (nSPS) is 28.8. The first-order valence-corrected chi connectivity index (χ1v) is 16.3. The number of aromatic nitrogens is 2. The summed E-state index contributed by atoms with van der Waals surface area (Å²) in [5.74, 6) is 0.909. The Morgan fingerprint density at radius 1 is 1.02 bits per heavy atom. The van der Waals surface area contributed by atoms with Crippen LogP contribution in [0.25, 0.3) is 22.2 Å². The van der Waals surface area contributed by atoms with Crippen LogP contribution in [0.15, 0.2) is 51.8 Å². The van der Waals surface area contributed by atoms with Crippen LogP contribution in [0.2, 0.25) is 0 Å². The van der Waals surface area contributed by atoms with Crippen LogP contribution < -0.4 is 21.6 Å². The quantitative estimate of drug-likeness (QED) is 0.198. The third-order valence-corrected chi connectivity index (χ3v) is 10.7. The number of nitrogens with zero attached hydrogens (tertiary/aromatic N) is 2. The second-order valence-electron chi connectivity index (χ2n) is 14.1. The molecule has 3 saturated heterocycles. The van der Waals surface area contributed by atoms with Gasteiger partial charge in [-0.25, -0.2) is 14.8 Å². The lowest BCUT2D eigenvalue weighted by atomic mass is 9.66. The smallest absolute Gasteiger partial charge is 0.341 e. The van der Waals surface area contributed by atoms with Crippen molar-refractivity contribution in [2.75, 3.05) is 11.5 Å². The van der Waals surface area contributed by atoms with Crippen LogP contribution in [-0.2, 0) is 20.7 Å². The summed E-state index contributed by atoms with van der Waals surface area (Å²) in [5, 5.41) is 11.7. The van der Waals surface area contributed by atoms with Gasteiger partial charge in [0, 0.05) is 41.3 Å². The summed E-state index contributed by atoms with van der Waals surface area (Å²) in [4.78, 5) is 35.9. The van der Waals surface area contributed by atoms with Crippen molar-refractivity contribution in [3.63, 3.8) is 0 Å². The first-order valence-electron chi connectivity index (χ1n) is 16.3. The molecule has 4 aromatic rings. The molecule has 1 saturated carbocycles. The van der Waals surface area contributed by atoms with Gasteiger partial charge >= 0.3 is 5.97 Å². The number of benzene rings is 1. The van der Waals surface area contributed by atoms with Gasteiger partial charge in [-0.05, 0) is 95.0 Å². The third-order valence-electron chi connectivity index (χ3n) is 10.7. The molecule has 1 aliphatic carbocycles. The molecule has 4 atom stereocenters. The molecule has 1 aromatic carbocycles. The lowest BCUT2D eigenvalue weighted by Gasteiger charge is -2.47. The van der Waals surface area contributed by atoms with Crippen molar-refractivity contribution in [2.24, 2.45) is 11.8 Å². The van der Waals surface area contributed by atoms with E-state index in [1.807, 2.05) is 32.0 Å². The Labute approximate surface area is 271 Å². The molecule has 3 aromatic heterocycles. The summed E-state index contributed by atoms with van der Waals surface area (Å²) in [6, 6.07) is 10.5. The minimum atomic E-state index is -1.04. The molecule has 9 rings (SSSR count). The Morgan fingerprint density at radius 2 is 1.81 bits per heavy atom. The number of hydrogen-bond donors (Lipinski definition) is 3. The van der Waals surface area contributed by atoms with Crippen LogP contribution in [0.4, 0.5) is 11.6 Å². The maximum atomic E-state index is 14.3. The number of carbonyl (C=O) groups is 1. The summed E-state index contributed by atoms with van der Waals surface area (Å²) in [6.07, 6.45) is 5.10. The Kier molecular flexibility index (Phi) is 6.60. The lowest BCUT2D eigenvalue weighted by Crippen LogP contribution is -2.53. The molecule has 5 aliphatic rings. The molecular formula is C36H38N4O7. The molecule has 244 valence electrons. The minimum Gasteiger partial charge on any atom is -0.507 e. The summed E-state index contributed by atoms with van der Waals surface area (Å²) in [7, 11) is 0. The van der Waals surface area contributed by atoms with Gasteiger partial charge in [-0.3, -0.25) is 4.79 Å². The fourth-order valence-electron chi connectivity index (χ4n) is 8.55. The van der Waals surface area contributed by atoms with E-state index in [-0.39, 0.29) is 52.0 Å². The van der Waals surface area contributed by atoms with Crippen molar-refractivity contribution >= 4 is 28.6 Å². The van der Waals surface area contributed by atoms with E-state index in [9.17, 15) is 14.7 Å². The molecule has 7 heterocycles. The number of carbonyl (C=O) groups excluding carboxylic acids is 1. The topological polar surface area (TPSA) is 176 Å². The predicted octanol–water partition coefficient (Wildman–Crippen LogP) is 5.19. The second kappa shape index (κ2) is 10.4. The zero-order valence-electron chi connectivity index (χ0n) is 26.6. The number of pyridine rings is 2. The zero-order chi connectivity index (χ0) is 32.8. The van der Waals surface area contributed by atoms with E-state index in [2.05, 4.69) is 9.97 Å². The van der Waals surface area contributed by atoms with Gasteiger partial charge in [-0.15, -0.1) is 0 Å². The van der Waals surface area contributed by atoms with E-state index in [0.717, 1.165) is 36.8 Å². The number of hydrogen-bond acceptors (Lipinski definition) is 11. The van der Waals surface area contributed by atoms with Crippen molar-refractivity contribution in [3.8, 4) is 22.8 Å². The van der Waals surface area contributed by atoms with Gasteiger partial charge in [-0.1, -0.05) is 0 Å². The average Bonchev–Trinajstić information content (AvgIpc) is 3.74. The van der Waals surface area contributed by atoms with Crippen LogP contribution >= 0.6 is 0 Å². The molecule has 5 N–H and O–H groups in total. The third kappa shape index (κ3) is 4.73. The second-order valence-corrected chi connectivity index (χ2v) is 14.1. The summed E-state index contributed by atoms with van der Waals surface area (Å²) >= 11 is 0. The van der Waals surface area contributed by atoms with Crippen LogP contribution in [0.3, 0.4) is 0 Å². The molecular weight excluding hydrogens is 600 g/mol. The molecule has 0 amide bonds. The minimum absolute atomic E-state index is 0.0120. The molecule has 47 heavy (non-hydrogen) atoms. The van der Waals surface area contributed by atoms with E-state index >= 15 is 0 Å². The first-order chi connectivity index (χ1) is 22.4. The monoisotopic (exact) mass is 638 g/mol. The molecule has 11 nitrogen and oxygen atoms in total. The standard InChI is InChI=1S/C36H38N4O7/c1-17-12-23(41)30-24(44-17)16-25-31(32(30)42)29-19-5-7-21(8-6-19)36(34(43)45-33(29)35(2,3)46-25)26(47-36)9-4-18-13-22(40-28(38)14-18)20-10-11-39-27(37)15-20/h10-16,19,21,26,29,33,42H,4-9H2,1-3H3,(H2,37,39)(H2,38,40)/t19?,21?,26-,29+,33-,36+/m1/s1. The summed E-state index contributed by atoms with van der Waals surface area (Å²) in [6.45, 7) is 5.50. The Bertz CT molecular complexity index is 2000. The highest BCUT2D eigenvalue weighted by atomic mass is 16.7. The van der Waals surface area contributed by atoms with Gasteiger partial charge in [0.1, 0.15) is 51.6 Å². The number of phenolic OH excluding ortho intramolecular Hbond substituents is 1. The molecule has 1 spiro atoms. The van der Waals surface area contributed by atoms with Gasteiger partial charge in [0.25, 0.3) is 0 Å². The average molecular weight is 639 g/mol. The molecule has 2 bridgehead atoms. The predicted molar refractivity (Wildman–Crippen MR) is 174 cm³/mol. The summed E-state index contributed by atoms with van der Waals surface area (Å²) < 4.78 is 25.1. The van der Waals surface area contributed by atoms with Gasteiger partial charge in [0.05, 0.1) is 11.8 Å². The van der Waals surface area contributed by atoms with E-state index in [1.165, 1.54) is 6.07 Å². The van der Waals surface area contributed by atoms with E-state index in [1.54, 1.807) is 25.3 Å². The van der Waals surface area contributed by atoms with Gasteiger partial charge in [-0.2, -0.15) is 0 Å². The molecule has 4 aliphatic heterocycles. The molecule has 0 unspecified atom stereocenters. The Balaban J connectivity index is 1.10. The number of nitrogen functional groups attached to an aromatic ring is 2. The number of nitrogens with two attached hydrogens (primary N) is 2. The largest absolute Gasteiger partial charge is 0.507 e. The van der Waals surface area contributed by atoms with E-state index in [4.69, 9.17) is 30.1 Å². The maximum absolute atomic E-state index is 14.3. The number of aromatic hydroxyl groups is 1. The molecule has 0 radical (unpaired) electrons. The van der Waals surface area contributed by atoms with Crippen molar-refractivity contribution in [1.29, 1.82) is 0 Å². The number of rotatable bonds is 4. The first kappa shape index (κ1) is 29.7. The van der Waals surface area contributed by atoms with Crippen molar-refractivity contribution < 1.29 is 28.5 Å². The van der Waals surface area contributed by atoms with Crippen molar-refractivity contribution in [2.45, 2.75) is 88.6 Å². The number of ether oxygens (including phenoxy) is 3. The van der Waals surface area contributed by atoms with Gasteiger partial charge in [0.15, 0.2) is 11.0 Å². The lowest BCUT2D eigenvalue weighted by molar-refractivity contribution is -0.172. The van der Waals surface area contributed by atoms with Crippen LogP contribution in [-0.4, -0.2) is 44.5 Å². The number of phenols is 1. The fourth-order valence-corrected chi connectivity index (χ4v) is 8.55. The number of fused-ring (bicyclic) bond motifs is 5. The zero-order valence-corrected chi connectivity index (χ0v) is 26.6. The summed E-state index contributed by atoms with van der Waals surface area (Å²) in [5.41, 5.74) is 13.1. The van der Waals surface area contributed by atoms with Gasteiger partial charge in [0.2, 0.25) is 0 Å². The maximum Gasteiger partial charge on any atom is 0.341 e. The fraction of sp³-hybridized carbons (Fsp3) is 0.444. The Hall–Kier alpha value is -4.64. The number of aryl methyl sites for hydroxylation is 2. The number of esters is 1. The van der Waals surface area contributed by atoms with Crippen LogP contribution in [0, 0.1) is 18.8 Å². The SMILES string of the molecule is Cc1cc(=O)c2c(O)c3c(cc2o1)OC(C)(C)[C@@H]1OC(=O)[C@]2(O[C@@H]2CCc2cc(N)nc(-c4ccnc(N)c4)c2)C2CCC(CC2)[C@@H]31. The molecule has 4 fully saturated rings. The van der Waals surface area contributed by atoms with Crippen LogP contribution in [0.1, 0.15) is 68.8 Å². The Morgan fingerprint density at radius 3 is 2.57 bits per heavy atom. The van der Waals surface area contributed by atoms with Gasteiger partial charge < -0.3 is 35.2 Å². The van der Waals surface area contributed by atoms with Crippen molar-refractivity contribution in [1.82, 2.24) is 9.97 Å². The number of anilines is 2.